The Morgan fingerprint density at radius 1 is 0.340 bits per heavy atom. The second-order valence-electron chi connectivity index (χ2n) is 13.3. The zero-order valence-electron chi connectivity index (χ0n) is 28.8. The van der Waals surface area contributed by atoms with Gasteiger partial charge in [0.15, 0.2) is 0 Å². The molecule has 0 amide bonds. The normalized spacial score (nSPS) is 11.4. The van der Waals surface area contributed by atoms with E-state index in [0.29, 0.717) is 0 Å². The molecule has 10 aromatic rings. The molecule has 0 bridgehead atoms. The van der Waals surface area contributed by atoms with Crippen LogP contribution in [0.15, 0.2) is 194 Å². The summed E-state index contributed by atoms with van der Waals surface area (Å²) >= 11 is 1.88. The molecule has 0 N–H and O–H groups in total. The van der Waals surface area contributed by atoms with E-state index < -0.39 is 0 Å². The van der Waals surface area contributed by atoms with Crippen molar-refractivity contribution in [1.29, 1.82) is 0 Å². The highest BCUT2D eigenvalue weighted by Crippen LogP contribution is 2.52. The van der Waals surface area contributed by atoms with Crippen molar-refractivity contribution in [3.8, 4) is 65.5 Å². The molecule has 0 saturated heterocycles. The number of hydrogen-bond donors (Lipinski definition) is 0. The highest BCUT2D eigenvalue weighted by atomic mass is 32.1. The number of hydrogen-bond acceptors (Lipinski definition) is 3. The Balaban J connectivity index is 1.10. The van der Waals surface area contributed by atoms with E-state index in [0.717, 1.165) is 33.1 Å². The quantitative estimate of drug-likeness (QED) is 0.162. The van der Waals surface area contributed by atoms with Gasteiger partial charge in [0.1, 0.15) is 0 Å². The Kier molecular flexibility index (Phi) is 7.71. The van der Waals surface area contributed by atoms with E-state index in [1.54, 1.807) is 0 Å². The molecule has 2 nitrogen and oxygen atoms in total. The maximum absolute atomic E-state index is 5.20. The van der Waals surface area contributed by atoms with E-state index in [1.165, 1.54) is 65.0 Å². The van der Waals surface area contributed by atoms with Gasteiger partial charge in [0.2, 0.25) is 0 Å². The molecular formula is C50H32N2S. The first kappa shape index (κ1) is 31.1. The summed E-state index contributed by atoms with van der Waals surface area (Å²) in [5, 5.41) is 4.57. The maximum atomic E-state index is 5.20. The lowest BCUT2D eigenvalue weighted by Crippen LogP contribution is -1.91. The molecule has 0 spiro atoms. The Labute approximate surface area is 312 Å². The minimum Gasteiger partial charge on any atom is -0.254 e. The molecule has 0 aliphatic rings. The van der Waals surface area contributed by atoms with Crippen molar-refractivity contribution in [1.82, 2.24) is 9.97 Å². The number of benzene rings is 7. The minimum absolute atomic E-state index is 0.929. The van der Waals surface area contributed by atoms with Gasteiger partial charge >= 0.3 is 0 Å². The average Bonchev–Trinajstić information content (AvgIpc) is 3.65. The molecule has 0 saturated carbocycles. The topological polar surface area (TPSA) is 25.8 Å². The summed E-state index contributed by atoms with van der Waals surface area (Å²) in [6, 6.07) is 67.4. The lowest BCUT2D eigenvalue weighted by Gasteiger charge is -2.13. The number of thiophene rings is 1. The van der Waals surface area contributed by atoms with Crippen molar-refractivity contribution in [3.63, 3.8) is 0 Å². The van der Waals surface area contributed by atoms with Crippen molar-refractivity contribution < 1.29 is 0 Å². The van der Waals surface area contributed by atoms with Crippen molar-refractivity contribution >= 4 is 43.9 Å². The van der Waals surface area contributed by atoms with Gasteiger partial charge in [0.25, 0.3) is 0 Å². The first-order valence-corrected chi connectivity index (χ1v) is 18.7. The summed E-state index contributed by atoms with van der Waals surface area (Å²) in [4.78, 5) is 12.4. The predicted octanol–water partition coefficient (Wildman–Crippen LogP) is 14.0. The van der Waals surface area contributed by atoms with Crippen molar-refractivity contribution in [2.24, 2.45) is 0 Å². The molecule has 0 unspecified atom stereocenters. The monoisotopic (exact) mass is 692 g/mol. The summed E-state index contributed by atoms with van der Waals surface area (Å²) in [7, 11) is 0. The second-order valence-corrected chi connectivity index (χ2v) is 14.3. The van der Waals surface area contributed by atoms with Gasteiger partial charge in [-0.1, -0.05) is 176 Å². The van der Waals surface area contributed by atoms with Gasteiger partial charge in [-0.2, -0.15) is 0 Å². The third-order valence-electron chi connectivity index (χ3n) is 10.2. The summed E-state index contributed by atoms with van der Waals surface area (Å²) < 4.78 is 0. The van der Waals surface area contributed by atoms with Crippen LogP contribution in [0.25, 0.3) is 98.1 Å². The fourth-order valence-corrected chi connectivity index (χ4v) is 8.99. The molecule has 0 radical (unpaired) electrons. The van der Waals surface area contributed by atoms with E-state index >= 15 is 0 Å². The van der Waals surface area contributed by atoms with Crippen LogP contribution in [0.2, 0.25) is 0 Å². The smallest absolute Gasteiger partial charge is 0.0972 e. The van der Waals surface area contributed by atoms with E-state index in [-0.39, 0.29) is 0 Å². The van der Waals surface area contributed by atoms with Crippen LogP contribution in [-0.4, -0.2) is 9.97 Å². The van der Waals surface area contributed by atoms with E-state index in [2.05, 4.69) is 187 Å². The molecule has 248 valence electrons. The molecule has 3 heteroatoms. The van der Waals surface area contributed by atoms with Crippen LogP contribution in [0.1, 0.15) is 0 Å². The fourth-order valence-electron chi connectivity index (χ4n) is 7.64. The minimum atomic E-state index is 0.929. The molecular weight excluding hydrogens is 661 g/mol. The van der Waals surface area contributed by atoms with Gasteiger partial charge in [-0.3, -0.25) is 4.98 Å². The van der Waals surface area contributed by atoms with Crippen molar-refractivity contribution in [3.05, 3.63) is 194 Å². The van der Waals surface area contributed by atoms with Crippen LogP contribution in [0.5, 0.6) is 0 Å². The van der Waals surface area contributed by atoms with Gasteiger partial charge in [0.05, 0.1) is 16.7 Å². The number of pyridine rings is 2. The first-order chi connectivity index (χ1) is 26.3. The molecule has 10 rings (SSSR count). The number of rotatable bonds is 6. The standard InChI is InChI=1S/C50H32N2S/c1-4-13-34(14-5-1)45-46(35-15-6-2-7-16-35)50(53-49(45)38-17-8-3-9-18-38)39-26-22-33(23-27-39)40-29-30-43(42-21-11-10-20-41(40)42)44-31-28-37-25-24-36-19-12-32-51-47(36)48(37)52-44/h1-32H. The van der Waals surface area contributed by atoms with Gasteiger partial charge in [-0.25, -0.2) is 4.98 Å². The Morgan fingerprint density at radius 3 is 1.47 bits per heavy atom. The van der Waals surface area contributed by atoms with Crippen molar-refractivity contribution in [2.75, 3.05) is 0 Å². The zero-order chi connectivity index (χ0) is 35.1. The van der Waals surface area contributed by atoms with Gasteiger partial charge in [0, 0.05) is 43.4 Å². The van der Waals surface area contributed by atoms with Crippen LogP contribution < -0.4 is 0 Å². The molecule has 0 atom stereocenters. The van der Waals surface area contributed by atoms with Crippen LogP contribution in [0.3, 0.4) is 0 Å². The Morgan fingerprint density at radius 2 is 0.830 bits per heavy atom. The Hall–Kier alpha value is -6.68. The summed E-state index contributed by atoms with van der Waals surface area (Å²) in [6.07, 6.45) is 1.84. The zero-order valence-corrected chi connectivity index (χ0v) is 29.6. The van der Waals surface area contributed by atoms with Crippen LogP contribution in [-0.2, 0) is 0 Å². The largest absolute Gasteiger partial charge is 0.254 e. The number of aromatic nitrogens is 2. The molecule has 53 heavy (non-hydrogen) atoms. The summed E-state index contributed by atoms with van der Waals surface area (Å²) in [5.41, 5.74) is 13.7. The third kappa shape index (κ3) is 5.50. The summed E-state index contributed by atoms with van der Waals surface area (Å²) in [6.45, 7) is 0. The van der Waals surface area contributed by atoms with E-state index in [9.17, 15) is 0 Å². The van der Waals surface area contributed by atoms with Gasteiger partial charge in [-0.05, 0) is 56.3 Å². The third-order valence-corrected chi connectivity index (χ3v) is 11.4. The Bertz CT molecular complexity index is 2910. The second kappa shape index (κ2) is 13.1. The van der Waals surface area contributed by atoms with Crippen molar-refractivity contribution in [2.45, 2.75) is 0 Å². The molecule has 3 aromatic heterocycles. The van der Waals surface area contributed by atoms with Crippen LogP contribution in [0.4, 0.5) is 0 Å². The number of nitrogens with zero attached hydrogens (tertiary/aromatic N) is 2. The summed E-state index contributed by atoms with van der Waals surface area (Å²) in [5.74, 6) is 0. The van der Waals surface area contributed by atoms with E-state index in [1.807, 2.05) is 23.6 Å². The molecule has 0 aliphatic carbocycles. The molecule has 0 aliphatic heterocycles. The lowest BCUT2D eigenvalue weighted by atomic mass is 9.90. The average molecular weight is 693 g/mol. The molecule has 3 heterocycles. The van der Waals surface area contributed by atoms with Gasteiger partial charge < -0.3 is 0 Å². The molecule has 7 aromatic carbocycles. The predicted molar refractivity (Wildman–Crippen MR) is 225 cm³/mol. The fraction of sp³-hybridized carbons (Fsp3) is 0. The first-order valence-electron chi connectivity index (χ1n) is 17.9. The number of fused-ring (bicyclic) bond motifs is 4. The maximum Gasteiger partial charge on any atom is 0.0972 e. The SMILES string of the molecule is c1ccc(-c2sc(-c3ccc(-c4ccc(-c5ccc6ccc7cccnc7c6n5)c5ccccc45)cc3)c(-c3ccccc3)c2-c2ccccc2)cc1. The lowest BCUT2D eigenvalue weighted by molar-refractivity contribution is 1.37. The van der Waals surface area contributed by atoms with Crippen LogP contribution >= 0.6 is 11.3 Å². The van der Waals surface area contributed by atoms with Gasteiger partial charge in [-0.15, -0.1) is 11.3 Å². The van der Waals surface area contributed by atoms with E-state index in [4.69, 9.17) is 4.98 Å². The highest BCUT2D eigenvalue weighted by Gasteiger charge is 2.23. The molecule has 0 fully saturated rings. The highest BCUT2D eigenvalue weighted by molar-refractivity contribution is 7.20. The van der Waals surface area contributed by atoms with Crippen LogP contribution in [0, 0.1) is 0 Å².